The van der Waals surface area contributed by atoms with Crippen LogP contribution in [0.4, 0.5) is 4.39 Å². The van der Waals surface area contributed by atoms with Gasteiger partial charge in [0.05, 0.1) is 13.2 Å². The van der Waals surface area contributed by atoms with Gasteiger partial charge in [0.1, 0.15) is 5.82 Å². The molecule has 0 amide bonds. The maximum atomic E-state index is 13.3. The zero-order valence-electron chi connectivity index (χ0n) is 10.2. The lowest BCUT2D eigenvalue weighted by atomic mass is 10.1. The third kappa shape index (κ3) is 2.49. The van der Waals surface area contributed by atoms with Gasteiger partial charge in [-0.3, -0.25) is 9.67 Å². The number of halogens is 1. The molecule has 1 aromatic carbocycles. The lowest BCUT2D eigenvalue weighted by Crippen LogP contribution is -2.06. The summed E-state index contributed by atoms with van der Waals surface area (Å²) in [7, 11) is 1.62. The van der Waals surface area contributed by atoms with E-state index < -0.39 is 0 Å². The van der Waals surface area contributed by atoms with E-state index in [0.29, 0.717) is 23.7 Å². The van der Waals surface area contributed by atoms with Gasteiger partial charge in [-0.25, -0.2) is 4.39 Å². The SMILES string of the molecule is COCCn1c(-c2cc(F)ccc2C)n[nH]c1=S. The van der Waals surface area contributed by atoms with Gasteiger partial charge in [0.25, 0.3) is 0 Å². The van der Waals surface area contributed by atoms with E-state index >= 15 is 0 Å². The summed E-state index contributed by atoms with van der Waals surface area (Å²) in [5.74, 6) is 0.344. The van der Waals surface area contributed by atoms with Crippen LogP contribution in [0, 0.1) is 17.5 Å². The largest absolute Gasteiger partial charge is 0.383 e. The zero-order chi connectivity index (χ0) is 13.1. The molecule has 1 aromatic heterocycles. The summed E-state index contributed by atoms with van der Waals surface area (Å²) in [4.78, 5) is 0. The molecule has 0 fully saturated rings. The van der Waals surface area contributed by atoms with Gasteiger partial charge in [-0.05, 0) is 36.8 Å². The van der Waals surface area contributed by atoms with E-state index in [9.17, 15) is 4.39 Å². The van der Waals surface area contributed by atoms with Crippen LogP contribution in [0.1, 0.15) is 5.56 Å². The van der Waals surface area contributed by atoms with Crippen molar-refractivity contribution < 1.29 is 9.13 Å². The number of methoxy groups -OCH3 is 1. The molecule has 96 valence electrons. The Balaban J connectivity index is 2.50. The van der Waals surface area contributed by atoms with Crippen molar-refractivity contribution in [3.05, 3.63) is 34.4 Å². The Morgan fingerprint density at radius 1 is 1.50 bits per heavy atom. The fourth-order valence-corrected chi connectivity index (χ4v) is 1.97. The van der Waals surface area contributed by atoms with E-state index in [4.69, 9.17) is 17.0 Å². The van der Waals surface area contributed by atoms with Crippen molar-refractivity contribution in [1.29, 1.82) is 0 Å². The van der Waals surface area contributed by atoms with Crippen LogP contribution in [0.2, 0.25) is 0 Å². The van der Waals surface area contributed by atoms with Crippen molar-refractivity contribution in [2.45, 2.75) is 13.5 Å². The van der Waals surface area contributed by atoms with Crippen molar-refractivity contribution >= 4 is 12.2 Å². The van der Waals surface area contributed by atoms with Crippen LogP contribution in [0.25, 0.3) is 11.4 Å². The summed E-state index contributed by atoms with van der Waals surface area (Å²) in [5, 5.41) is 6.89. The number of hydrogen-bond donors (Lipinski definition) is 1. The molecule has 0 saturated carbocycles. The number of benzene rings is 1. The van der Waals surface area contributed by atoms with Crippen LogP contribution in [0.3, 0.4) is 0 Å². The molecule has 1 heterocycles. The molecule has 0 spiro atoms. The second-order valence-electron chi connectivity index (χ2n) is 3.96. The van der Waals surface area contributed by atoms with E-state index in [1.165, 1.54) is 12.1 Å². The Bertz CT molecular complexity index is 606. The van der Waals surface area contributed by atoms with Gasteiger partial charge in [0.15, 0.2) is 10.6 Å². The Labute approximate surface area is 109 Å². The minimum atomic E-state index is -0.289. The number of nitrogens with zero attached hydrogens (tertiary/aromatic N) is 2. The highest BCUT2D eigenvalue weighted by molar-refractivity contribution is 7.71. The second kappa shape index (κ2) is 5.41. The van der Waals surface area contributed by atoms with Crippen LogP contribution >= 0.6 is 12.2 Å². The first-order chi connectivity index (χ1) is 8.63. The molecular weight excluding hydrogens is 253 g/mol. The van der Waals surface area contributed by atoms with Crippen molar-refractivity contribution in [2.24, 2.45) is 0 Å². The van der Waals surface area contributed by atoms with E-state index in [2.05, 4.69) is 10.2 Å². The number of H-pyrrole nitrogens is 1. The number of nitrogens with one attached hydrogen (secondary N) is 1. The molecule has 0 unspecified atom stereocenters. The third-order valence-corrected chi connectivity index (χ3v) is 3.03. The first kappa shape index (κ1) is 12.9. The zero-order valence-corrected chi connectivity index (χ0v) is 11.1. The highest BCUT2D eigenvalue weighted by atomic mass is 32.1. The van der Waals surface area contributed by atoms with Gasteiger partial charge in [-0.1, -0.05) is 6.07 Å². The fourth-order valence-electron chi connectivity index (χ4n) is 1.75. The Morgan fingerprint density at radius 2 is 2.28 bits per heavy atom. The first-order valence-electron chi connectivity index (χ1n) is 5.54. The molecule has 0 aliphatic carbocycles. The molecule has 0 bridgehead atoms. The molecule has 0 saturated heterocycles. The van der Waals surface area contributed by atoms with Crippen molar-refractivity contribution in [2.75, 3.05) is 13.7 Å². The van der Waals surface area contributed by atoms with Crippen LogP contribution in [-0.4, -0.2) is 28.5 Å². The molecule has 0 aliphatic heterocycles. The van der Waals surface area contributed by atoms with Crippen molar-refractivity contribution in [3.8, 4) is 11.4 Å². The summed E-state index contributed by atoms with van der Waals surface area (Å²) in [6.07, 6.45) is 0. The van der Waals surface area contributed by atoms with Gasteiger partial charge < -0.3 is 4.74 Å². The van der Waals surface area contributed by atoms with E-state index in [0.717, 1.165) is 11.1 Å². The highest BCUT2D eigenvalue weighted by Crippen LogP contribution is 2.22. The standard InChI is InChI=1S/C12H14FN3OS/c1-8-3-4-9(13)7-10(8)11-14-15-12(18)16(11)5-6-17-2/h3-4,7H,5-6H2,1-2H3,(H,15,18). The minimum absolute atomic E-state index is 0.289. The monoisotopic (exact) mass is 267 g/mol. The van der Waals surface area contributed by atoms with Gasteiger partial charge in [-0.2, -0.15) is 5.10 Å². The number of aromatic amines is 1. The lowest BCUT2D eigenvalue weighted by molar-refractivity contribution is 0.187. The average molecular weight is 267 g/mol. The van der Waals surface area contributed by atoms with Crippen LogP contribution < -0.4 is 0 Å². The molecular formula is C12H14FN3OS. The number of aryl methyl sites for hydroxylation is 1. The second-order valence-corrected chi connectivity index (χ2v) is 4.34. The molecule has 2 rings (SSSR count). The highest BCUT2D eigenvalue weighted by Gasteiger charge is 2.11. The normalized spacial score (nSPS) is 10.8. The number of hydrogen-bond acceptors (Lipinski definition) is 3. The molecule has 0 aliphatic rings. The molecule has 2 aromatic rings. The first-order valence-corrected chi connectivity index (χ1v) is 5.95. The van der Waals surface area contributed by atoms with Gasteiger partial charge in [0, 0.05) is 12.7 Å². The molecule has 0 atom stereocenters. The average Bonchev–Trinajstić information content (AvgIpc) is 2.71. The third-order valence-electron chi connectivity index (χ3n) is 2.72. The lowest BCUT2D eigenvalue weighted by Gasteiger charge is -2.08. The summed E-state index contributed by atoms with van der Waals surface area (Å²) in [5.41, 5.74) is 1.68. The van der Waals surface area contributed by atoms with Crippen molar-refractivity contribution in [3.63, 3.8) is 0 Å². The molecule has 18 heavy (non-hydrogen) atoms. The number of ether oxygens (including phenoxy) is 1. The predicted molar refractivity (Wildman–Crippen MR) is 69.4 cm³/mol. The molecule has 6 heteroatoms. The van der Waals surface area contributed by atoms with Crippen LogP contribution in [-0.2, 0) is 11.3 Å². The van der Waals surface area contributed by atoms with E-state index in [1.807, 2.05) is 6.92 Å². The summed E-state index contributed by atoms with van der Waals surface area (Å²) >= 11 is 5.16. The Kier molecular flexibility index (Phi) is 3.88. The molecule has 0 radical (unpaired) electrons. The summed E-state index contributed by atoms with van der Waals surface area (Å²) < 4.78 is 20.7. The maximum absolute atomic E-state index is 13.3. The van der Waals surface area contributed by atoms with Crippen LogP contribution in [0.5, 0.6) is 0 Å². The smallest absolute Gasteiger partial charge is 0.195 e. The quantitative estimate of drug-likeness (QED) is 0.866. The van der Waals surface area contributed by atoms with E-state index in [-0.39, 0.29) is 5.82 Å². The van der Waals surface area contributed by atoms with E-state index in [1.54, 1.807) is 17.7 Å². The molecule has 1 N–H and O–H groups in total. The predicted octanol–water partition coefficient (Wildman–Crippen LogP) is 2.70. The topological polar surface area (TPSA) is 42.8 Å². The van der Waals surface area contributed by atoms with Gasteiger partial charge in [0.2, 0.25) is 0 Å². The number of rotatable bonds is 4. The van der Waals surface area contributed by atoms with Gasteiger partial charge >= 0.3 is 0 Å². The minimum Gasteiger partial charge on any atom is -0.383 e. The maximum Gasteiger partial charge on any atom is 0.195 e. The van der Waals surface area contributed by atoms with Gasteiger partial charge in [-0.15, -0.1) is 0 Å². The summed E-state index contributed by atoms with van der Waals surface area (Å²) in [6.45, 7) is 3.01. The van der Waals surface area contributed by atoms with Crippen molar-refractivity contribution in [1.82, 2.24) is 14.8 Å². The number of aromatic nitrogens is 3. The Hall–Kier alpha value is -1.53. The Morgan fingerprint density at radius 3 is 3.00 bits per heavy atom. The van der Waals surface area contributed by atoms with Crippen LogP contribution in [0.15, 0.2) is 18.2 Å². The fraction of sp³-hybridized carbons (Fsp3) is 0.333. The molecule has 4 nitrogen and oxygen atoms in total. The summed E-state index contributed by atoms with van der Waals surface area (Å²) in [6, 6.07) is 4.62.